The zero-order valence-corrected chi connectivity index (χ0v) is 15.9. The molecule has 0 fully saturated rings. The van der Waals surface area contributed by atoms with Crippen LogP contribution in [-0.4, -0.2) is 9.38 Å². The van der Waals surface area contributed by atoms with Gasteiger partial charge in [-0.3, -0.25) is 4.40 Å². The van der Waals surface area contributed by atoms with Gasteiger partial charge in [0, 0.05) is 16.8 Å². The van der Waals surface area contributed by atoms with Gasteiger partial charge in [0.05, 0.1) is 16.4 Å². The van der Waals surface area contributed by atoms with E-state index >= 15 is 0 Å². The number of imidazole rings is 1. The maximum Gasteiger partial charge on any atom is 0.180 e. The van der Waals surface area contributed by atoms with Gasteiger partial charge in [-0.1, -0.05) is 23.2 Å². The summed E-state index contributed by atoms with van der Waals surface area (Å²) in [6.07, 6.45) is 1.91. The van der Waals surface area contributed by atoms with Crippen molar-refractivity contribution in [3.63, 3.8) is 0 Å². The Hall–Kier alpha value is -1.14. The highest BCUT2D eigenvalue weighted by Gasteiger charge is 2.13. The van der Waals surface area contributed by atoms with Crippen LogP contribution in [0.2, 0.25) is 10.0 Å². The first-order chi connectivity index (χ1) is 10.5. The molecule has 2 aromatic heterocycles. The van der Waals surface area contributed by atoms with Crippen molar-refractivity contribution in [2.75, 3.05) is 5.73 Å². The fourth-order valence-electron chi connectivity index (χ4n) is 2.14. The van der Waals surface area contributed by atoms with Gasteiger partial charge in [0.15, 0.2) is 11.4 Å². The first-order valence-corrected chi connectivity index (χ1v) is 8.02. The molecule has 0 aliphatic carbocycles. The number of nitrogens with zero attached hydrogens (tertiary/aromatic N) is 2. The monoisotopic (exact) mass is 435 g/mol. The number of rotatable bonds is 3. The molecule has 0 atom stereocenters. The molecular weight excluding hydrogens is 424 g/mol. The van der Waals surface area contributed by atoms with E-state index in [9.17, 15) is 0 Å². The Labute approximate surface area is 158 Å². The number of aryl methyl sites for hydroxylation is 1. The van der Waals surface area contributed by atoms with Gasteiger partial charge in [-0.15, -0.1) is 12.4 Å². The Kier molecular flexibility index (Phi) is 5.68. The quantitative estimate of drug-likeness (QED) is 0.566. The lowest BCUT2D eigenvalue weighted by molar-refractivity contribution is 0.308. The van der Waals surface area contributed by atoms with Crippen LogP contribution in [0.15, 0.2) is 35.1 Å². The minimum absolute atomic E-state index is 0. The van der Waals surface area contributed by atoms with Crippen LogP contribution in [0.1, 0.15) is 11.3 Å². The van der Waals surface area contributed by atoms with Crippen LogP contribution in [0.25, 0.3) is 5.65 Å². The molecule has 3 rings (SSSR count). The van der Waals surface area contributed by atoms with E-state index in [-0.39, 0.29) is 19.0 Å². The van der Waals surface area contributed by atoms with Crippen LogP contribution in [0.4, 0.5) is 5.69 Å². The number of nitrogens with two attached hydrogens (primary N) is 1. The molecular formula is C15H13BrCl3N3O. The average Bonchev–Trinajstić information content (AvgIpc) is 2.79. The lowest BCUT2D eigenvalue weighted by Gasteiger charge is -2.11. The van der Waals surface area contributed by atoms with Crippen molar-refractivity contribution in [1.29, 1.82) is 0 Å². The Morgan fingerprint density at radius 3 is 2.78 bits per heavy atom. The minimum atomic E-state index is 0. The predicted octanol–water partition coefficient (Wildman–Crippen LogP) is 5.30. The van der Waals surface area contributed by atoms with E-state index in [2.05, 4.69) is 20.9 Å². The lowest BCUT2D eigenvalue weighted by atomic mass is 10.2. The van der Waals surface area contributed by atoms with Gasteiger partial charge in [0.25, 0.3) is 0 Å². The predicted molar refractivity (Wildman–Crippen MR) is 100 cm³/mol. The first kappa shape index (κ1) is 18.2. The van der Waals surface area contributed by atoms with E-state index in [4.69, 9.17) is 33.7 Å². The van der Waals surface area contributed by atoms with Gasteiger partial charge in [0.1, 0.15) is 11.2 Å². The maximum absolute atomic E-state index is 6.19. The van der Waals surface area contributed by atoms with Crippen molar-refractivity contribution in [3.05, 3.63) is 56.4 Å². The number of halogens is 4. The van der Waals surface area contributed by atoms with Gasteiger partial charge in [-0.05, 0) is 47.1 Å². The third-order valence-corrected chi connectivity index (χ3v) is 5.06. The van der Waals surface area contributed by atoms with Crippen LogP contribution < -0.4 is 10.5 Å². The largest absolute Gasteiger partial charge is 0.485 e. The molecule has 0 unspecified atom stereocenters. The van der Waals surface area contributed by atoms with Gasteiger partial charge < -0.3 is 10.5 Å². The van der Waals surface area contributed by atoms with Gasteiger partial charge in [-0.2, -0.15) is 0 Å². The molecule has 1 aromatic carbocycles. The second-order valence-electron chi connectivity index (χ2n) is 4.77. The normalized spacial score (nSPS) is 10.6. The van der Waals surface area contributed by atoms with Crippen molar-refractivity contribution in [2.45, 2.75) is 13.5 Å². The van der Waals surface area contributed by atoms with Gasteiger partial charge in [-0.25, -0.2) is 4.98 Å². The highest BCUT2D eigenvalue weighted by Crippen LogP contribution is 2.32. The summed E-state index contributed by atoms with van der Waals surface area (Å²) in [5.74, 6) is 0.644. The fraction of sp³-hybridized carbons (Fsp3) is 0.133. The van der Waals surface area contributed by atoms with E-state index in [1.165, 1.54) is 0 Å². The lowest BCUT2D eigenvalue weighted by Crippen LogP contribution is -2.01. The number of aromatic nitrogens is 2. The van der Waals surface area contributed by atoms with Gasteiger partial charge >= 0.3 is 0 Å². The summed E-state index contributed by atoms with van der Waals surface area (Å²) in [7, 11) is 0. The molecule has 0 saturated carbocycles. The number of benzene rings is 1. The number of ether oxygens (including phenoxy) is 1. The molecule has 0 aliphatic heterocycles. The molecule has 0 aliphatic rings. The first-order valence-electron chi connectivity index (χ1n) is 6.47. The van der Waals surface area contributed by atoms with Crippen molar-refractivity contribution in [3.8, 4) is 5.75 Å². The van der Waals surface area contributed by atoms with E-state index < -0.39 is 0 Å². The molecule has 3 aromatic rings. The summed E-state index contributed by atoms with van der Waals surface area (Å²) in [6.45, 7) is 2.14. The van der Waals surface area contributed by atoms with Crippen molar-refractivity contribution >= 4 is 62.9 Å². The summed E-state index contributed by atoms with van der Waals surface area (Å²) in [4.78, 5) is 4.49. The second kappa shape index (κ2) is 7.18. The molecule has 23 heavy (non-hydrogen) atoms. The zero-order valence-electron chi connectivity index (χ0n) is 12.0. The summed E-state index contributed by atoms with van der Waals surface area (Å²) in [5, 5.41) is 0.937. The second-order valence-corrected chi connectivity index (χ2v) is 6.31. The zero-order chi connectivity index (χ0) is 15.9. The van der Waals surface area contributed by atoms with Crippen LogP contribution >= 0.6 is 51.5 Å². The topological polar surface area (TPSA) is 52.5 Å². The number of pyridine rings is 1. The highest BCUT2D eigenvalue weighted by atomic mass is 79.9. The van der Waals surface area contributed by atoms with Crippen LogP contribution in [0, 0.1) is 6.92 Å². The third kappa shape index (κ3) is 3.38. The Morgan fingerprint density at radius 2 is 2.04 bits per heavy atom. The Balaban J connectivity index is 0.00000192. The third-order valence-electron chi connectivity index (χ3n) is 3.30. The molecule has 4 nitrogen and oxygen atoms in total. The molecule has 0 saturated heterocycles. The van der Waals surface area contributed by atoms with E-state index in [1.807, 2.05) is 29.7 Å². The summed E-state index contributed by atoms with van der Waals surface area (Å²) < 4.78 is 8.67. The molecule has 0 amide bonds. The van der Waals surface area contributed by atoms with Crippen molar-refractivity contribution in [1.82, 2.24) is 9.38 Å². The molecule has 0 radical (unpaired) electrons. The maximum atomic E-state index is 6.19. The Bertz CT molecular complexity index is 867. The minimum Gasteiger partial charge on any atom is -0.485 e. The van der Waals surface area contributed by atoms with Crippen molar-refractivity contribution in [2.24, 2.45) is 0 Å². The number of nitrogen functional groups attached to an aromatic ring is 1. The molecule has 122 valence electrons. The van der Waals surface area contributed by atoms with Crippen LogP contribution in [0.5, 0.6) is 5.75 Å². The molecule has 0 bridgehead atoms. The van der Waals surface area contributed by atoms with Gasteiger partial charge in [0.2, 0.25) is 0 Å². The average molecular weight is 438 g/mol. The standard InChI is InChI=1S/C15H12BrCl2N3O.ClH/c1-8-14(16)21-6-2-3-12(15(21)20-8)22-7-9-10(17)4-5-11(19)13(9)18;/h2-6H,7,19H2,1H3;1H. The summed E-state index contributed by atoms with van der Waals surface area (Å²) in [6, 6.07) is 7.11. The van der Waals surface area contributed by atoms with Crippen molar-refractivity contribution < 1.29 is 4.74 Å². The molecule has 2 N–H and O–H groups in total. The SMILES string of the molecule is Cc1nc2c(OCc3c(Cl)ccc(N)c3Cl)cccn2c1Br.Cl. The molecule has 2 heterocycles. The van der Waals surface area contributed by atoms with E-state index in [0.29, 0.717) is 27.0 Å². The Morgan fingerprint density at radius 1 is 1.30 bits per heavy atom. The number of hydrogen-bond donors (Lipinski definition) is 1. The highest BCUT2D eigenvalue weighted by molar-refractivity contribution is 9.10. The van der Waals surface area contributed by atoms with Crippen LogP contribution in [-0.2, 0) is 6.61 Å². The molecule has 0 spiro atoms. The smallest absolute Gasteiger partial charge is 0.180 e. The van der Waals surface area contributed by atoms with E-state index in [0.717, 1.165) is 15.9 Å². The van der Waals surface area contributed by atoms with Crippen LogP contribution in [0.3, 0.4) is 0 Å². The number of hydrogen-bond acceptors (Lipinski definition) is 3. The number of anilines is 1. The molecule has 8 heteroatoms. The fourth-order valence-corrected chi connectivity index (χ4v) is 2.99. The summed E-state index contributed by atoms with van der Waals surface area (Å²) in [5.41, 5.74) is 8.55. The number of fused-ring (bicyclic) bond motifs is 1. The van der Waals surface area contributed by atoms with E-state index in [1.54, 1.807) is 12.1 Å². The summed E-state index contributed by atoms with van der Waals surface area (Å²) >= 11 is 15.9.